The van der Waals surface area contributed by atoms with Gasteiger partial charge in [0.15, 0.2) is 0 Å². The number of rotatable bonds is 2. The summed E-state index contributed by atoms with van der Waals surface area (Å²) in [6.45, 7) is 0. The van der Waals surface area contributed by atoms with Crippen molar-refractivity contribution in [3.63, 3.8) is 0 Å². The Kier molecular flexibility index (Phi) is 3.18. The molecule has 2 unspecified atom stereocenters. The number of hydrogen-bond acceptors (Lipinski definition) is 4. The molecule has 2 fully saturated rings. The SMILES string of the molecule is O=S(=O)(c1ccc(Cl)s1)N1C2CCC1CC(O)C2. The van der Waals surface area contributed by atoms with Crippen LogP contribution in [-0.4, -0.2) is 36.0 Å². The van der Waals surface area contributed by atoms with Crippen molar-refractivity contribution >= 4 is 33.0 Å². The Balaban J connectivity index is 1.96. The predicted molar refractivity (Wildman–Crippen MR) is 70.4 cm³/mol. The minimum atomic E-state index is -3.44. The molecule has 4 nitrogen and oxygen atoms in total. The highest BCUT2D eigenvalue weighted by Gasteiger charge is 2.47. The van der Waals surface area contributed by atoms with E-state index in [1.165, 1.54) is 0 Å². The number of aliphatic hydroxyl groups is 1. The summed E-state index contributed by atoms with van der Waals surface area (Å²) in [7, 11) is -3.44. The lowest BCUT2D eigenvalue weighted by Crippen LogP contribution is -2.47. The summed E-state index contributed by atoms with van der Waals surface area (Å²) in [5, 5.41) is 9.71. The lowest BCUT2D eigenvalue weighted by atomic mass is 10.0. The smallest absolute Gasteiger partial charge is 0.253 e. The van der Waals surface area contributed by atoms with Gasteiger partial charge in [-0.1, -0.05) is 11.6 Å². The molecule has 0 aromatic carbocycles. The zero-order chi connectivity index (χ0) is 12.9. The number of halogens is 1. The number of hydrogen-bond donors (Lipinski definition) is 1. The summed E-state index contributed by atoms with van der Waals surface area (Å²) in [6, 6.07) is 3.07. The van der Waals surface area contributed by atoms with E-state index in [4.69, 9.17) is 11.6 Å². The van der Waals surface area contributed by atoms with Gasteiger partial charge in [0.05, 0.1) is 10.4 Å². The maximum absolute atomic E-state index is 12.6. The molecule has 2 atom stereocenters. The third kappa shape index (κ3) is 2.00. The van der Waals surface area contributed by atoms with Crippen molar-refractivity contribution < 1.29 is 13.5 Å². The number of aliphatic hydroxyl groups excluding tert-OH is 1. The molecule has 0 spiro atoms. The summed E-state index contributed by atoms with van der Waals surface area (Å²) >= 11 is 6.91. The van der Waals surface area contributed by atoms with E-state index < -0.39 is 10.0 Å². The summed E-state index contributed by atoms with van der Waals surface area (Å²) in [6.07, 6.45) is 2.44. The third-order valence-electron chi connectivity index (χ3n) is 3.72. The van der Waals surface area contributed by atoms with Crippen LogP contribution in [0.5, 0.6) is 0 Å². The molecule has 3 heterocycles. The molecule has 1 aromatic rings. The Bertz CT molecular complexity index is 542. The molecule has 0 amide bonds. The van der Waals surface area contributed by atoms with E-state index in [0.29, 0.717) is 21.4 Å². The van der Waals surface area contributed by atoms with Crippen LogP contribution in [-0.2, 0) is 10.0 Å². The van der Waals surface area contributed by atoms with Gasteiger partial charge in [0.25, 0.3) is 10.0 Å². The molecule has 100 valence electrons. The van der Waals surface area contributed by atoms with Gasteiger partial charge in [0.2, 0.25) is 0 Å². The maximum atomic E-state index is 12.6. The summed E-state index contributed by atoms with van der Waals surface area (Å²) in [5.41, 5.74) is 0. The minimum absolute atomic E-state index is 0.0513. The first kappa shape index (κ1) is 12.9. The zero-order valence-electron chi connectivity index (χ0n) is 9.62. The summed E-state index contributed by atoms with van der Waals surface area (Å²) < 4.78 is 27.5. The van der Waals surface area contributed by atoms with Gasteiger partial charge in [-0.2, -0.15) is 4.31 Å². The number of thiophene rings is 1. The number of fused-ring (bicyclic) bond motifs is 2. The van der Waals surface area contributed by atoms with E-state index in [2.05, 4.69) is 0 Å². The number of sulfonamides is 1. The molecule has 3 rings (SSSR count). The van der Waals surface area contributed by atoms with Crippen LogP contribution >= 0.6 is 22.9 Å². The van der Waals surface area contributed by atoms with E-state index in [9.17, 15) is 13.5 Å². The standard InChI is InChI=1S/C11H14ClNO3S2/c12-10-3-4-11(17-10)18(15,16)13-7-1-2-8(13)6-9(14)5-7/h3-4,7-9,14H,1-2,5-6H2. The molecule has 2 aliphatic heterocycles. The number of nitrogens with zero attached hydrogens (tertiary/aromatic N) is 1. The molecular formula is C11H14ClNO3S2. The monoisotopic (exact) mass is 307 g/mol. The summed E-state index contributed by atoms with van der Waals surface area (Å²) in [4.78, 5) is 0. The van der Waals surface area contributed by atoms with Crippen molar-refractivity contribution in [1.82, 2.24) is 4.31 Å². The van der Waals surface area contributed by atoms with Gasteiger partial charge in [0.1, 0.15) is 4.21 Å². The molecule has 18 heavy (non-hydrogen) atoms. The van der Waals surface area contributed by atoms with Gasteiger partial charge in [-0.05, 0) is 37.8 Å². The first-order chi connectivity index (χ1) is 8.48. The van der Waals surface area contributed by atoms with E-state index in [1.807, 2.05) is 0 Å². The lowest BCUT2D eigenvalue weighted by Gasteiger charge is -2.35. The van der Waals surface area contributed by atoms with Crippen molar-refractivity contribution in [2.24, 2.45) is 0 Å². The van der Waals surface area contributed by atoms with Gasteiger partial charge in [-0.15, -0.1) is 11.3 Å². The van der Waals surface area contributed by atoms with E-state index in [0.717, 1.165) is 24.2 Å². The predicted octanol–water partition coefficient (Wildman–Crippen LogP) is 2.08. The van der Waals surface area contributed by atoms with Crippen molar-refractivity contribution in [3.05, 3.63) is 16.5 Å². The average molecular weight is 308 g/mol. The van der Waals surface area contributed by atoms with Crippen LogP contribution in [0.2, 0.25) is 4.34 Å². The zero-order valence-corrected chi connectivity index (χ0v) is 12.0. The van der Waals surface area contributed by atoms with E-state index in [1.54, 1.807) is 16.4 Å². The van der Waals surface area contributed by atoms with Crippen LogP contribution in [0.1, 0.15) is 25.7 Å². The quantitative estimate of drug-likeness (QED) is 0.910. The molecule has 0 saturated carbocycles. The highest BCUT2D eigenvalue weighted by molar-refractivity contribution is 7.91. The van der Waals surface area contributed by atoms with Crippen LogP contribution in [0.15, 0.2) is 16.3 Å². The van der Waals surface area contributed by atoms with Gasteiger partial charge >= 0.3 is 0 Å². The van der Waals surface area contributed by atoms with Crippen LogP contribution in [0.25, 0.3) is 0 Å². The minimum Gasteiger partial charge on any atom is -0.393 e. The second kappa shape index (κ2) is 4.45. The lowest BCUT2D eigenvalue weighted by molar-refractivity contribution is 0.0770. The fraction of sp³-hybridized carbons (Fsp3) is 0.636. The van der Waals surface area contributed by atoms with Crippen LogP contribution in [0, 0.1) is 0 Å². The van der Waals surface area contributed by atoms with Gasteiger partial charge in [0, 0.05) is 12.1 Å². The molecule has 1 N–H and O–H groups in total. The fourth-order valence-electron chi connectivity index (χ4n) is 3.04. The second-order valence-corrected chi connectivity index (χ2v) is 8.69. The normalized spacial score (nSPS) is 32.9. The maximum Gasteiger partial charge on any atom is 0.253 e. The first-order valence-corrected chi connectivity index (χ1v) is 8.59. The van der Waals surface area contributed by atoms with Crippen molar-refractivity contribution in [3.8, 4) is 0 Å². The van der Waals surface area contributed by atoms with Crippen molar-refractivity contribution in [2.75, 3.05) is 0 Å². The highest BCUT2D eigenvalue weighted by atomic mass is 35.5. The Hall–Kier alpha value is -0.140. The van der Waals surface area contributed by atoms with Gasteiger partial charge < -0.3 is 5.11 Å². The fourth-order valence-corrected chi connectivity index (χ4v) is 6.52. The van der Waals surface area contributed by atoms with Gasteiger partial charge in [-0.3, -0.25) is 0 Å². The van der Waals surface area contributed by atoms with E-state index >= 15 is 0 Å². The molecule has 0 aliphatic carbocycles. The first-order valence-electron chi connectivity index (χ1n) is 5.95. The van der Waals surface area contributed by atoms with Gasteiger partial charge in [-0.25, -0.2) is 8.42 Å². The van der Waals surface area contributed by atoms with Crippen molar-refractivity contribution in [1.29, 1.82) is 0 Å². The molecular weight excluding hydrogens is 294 g/mol. The average Bonchev–Trinajstić information content (AvgIpc) is 2.83. The van der Waals surface area contributed by atoms with Crippen LogP contribution in [0.3, 0.4) is 0 Å². The largest absolute Gasteiger partial charge is 0.393 e. The molecule has 1 aromatic heterocycles. The molecule has 2 bridgehead atoms. The second-order valence-electron chi connectivity index (χ2n) is 4.90. The summed E-state index contributed by atoms with van der Waals surface area (Å²) in [5.74, 6) is 0. The highest BCUT2D eigenvalue weighted by Crippen LogP contribution is 2.41. The van der Waals surface area contributed by atoms with Crippen LogP contribution < -0.4 is 0 Å². The third-order valence-corrected chi connectivity index (χ3v) is 7.43. The molecule has 0 radical (unpaired) electrons. The molecule has 2 saturated heterocycles. The Morgan fingerprint density at radius 1 is 1.28 bits per heavy atom. The van der Waals surface area contributed by atoms with Crippen molar-refractivity contribution in [2.45, 2.75) is 48.1 Å². The number of piperidine rings is 1. The van der Waals surface area contributed by atoms with E-state index in [-0.39, 0.29) is 18.2 Å². The Morgan fingerprint density at radius 2 is 1.89 bits per heavy atom. The molecule has 2 aliphatic rings. The Labute approximate surface area is 115 Å². The topological polar surface area (TPSA) is 57.6 Å². The molecule has 7 heteroatoms. The Morgan fingerprint density at radius 3 is 2.39 bits per heavy atom. The van der Waals surface area contributed by atoms with Crippen LogP contribution in [0.4, 0.5) is 0 Å².